The van der Waals surface area contributed by atoms with Crippen molar-refractivity contribution in [3.05, 3.63) is 12.2 Å². The fraction of sp³-hybridized carbons (Fsp3) is 0.571. The third-order valence-corrected chi connectivity index (χ3v) is 1.56. The van der Waals surface area contributed by atoms with Crippen molar-refractivity contribution in [2.45, 2.75) is 23.6 Å². The van der Waals surface area contributed by atoms with Crippen LogP contribution in [-0.2, 0) is 4.79 Å². The summed E-state index contributed by atoms with van der Waals surface area (Å²) in [6, 6.07) is 0. The van der Waals surface area contributed by atoms with Crippen LogP contribution >= 0.6 is 34.8 Å². The van der Waals surface area contributed by atoms with Crippen LogP contribution in [0, 0.1) is 0 Å². The van der Waals surface area contributed by atoms with Crippen molar-refractivity contribution in [1.82, 2.24) is 0 Å². The lowest BCUT2D eigenvalue weighted by molar-refractivity contribution is -0.113. The van der Waals surface area contributed by atoms with E-state index in [9.17, 15) is 4.79 Å². The van der Waals surface area contributed by atoms with E-state index in [1.165, 1.54) is 6.08 Å². The SMILES string of the molecule is CCC/C=C/C(=O)C(Cl)(Cl)Cl. The molecule has 0 amide bonds. The maximum atomic E-state index is 10.9. The van der Waals surface area contributed by atoms with Crippen LogP contribution in [0.4, 0.5) is 0 Å². The molecule has 0 aromatic rings. The molecule has 0 unspecified atom stereocenters. The van der Waals surface area contributed by atoms with Crippen molar-refractivity contribution < 1.29 is 4.79 Å². The van der Waals surface area contributed by atoms with Crippen molar-refractivity contribution >= 4 is 40.6 Å². The number of halogens is 3. The number of carbonyl (C=O) groups excluding carboxylic acids is 1. The summed E-state index contributed by atoms with van der Waals surface area (Å²) >= 11 is 15.9. The molecule has 64 valence electrons. The van der Waals surface area contributed by atoms with Gasteiger partial charge in [-0.3, -0.25) is 4.79 Å². The molecule has 11 heavy (non-hydrogen) atoms. The Balaban J connectivity index is 3.88. The average molecular weight is 216 g/mol. The summed E-state index contributed by atoms with van der Waals surface area (Å²) in [7, 11) is 0. The smallest absolute Gasteiger partial charge is 0.252 e. The number of carbonyl (C=O) groups is 1. The van der Waals surface area contributed by atoms with E-state index in [1.807, 2.05) is 6.92 Å². The second-order valence-electron chi connectivity index (χ2n) is 2.05. The first kappa shape index (κ1) is 11.3. The average Bonchev–Trinajstić information content (AvgIpc) is 1.86. The van der Waals surface area contributed by atoms with Gasteiger partial charge < -0.3 is 0 Å². The number of alkyl halides is 3. The molecule has 0 aliphatic heterocycles. The minimum Gasteiger partial charge on any atom is -0.290 e. The Labute approximate surface area is 81.3 Å². The Morgan fingerprint density at radius 3 is 2.36 bits per heavy atom. The van der Waals surface area contributed by atoms with E-state index in [1.54, 1.807) is 6.08 Å². The van der Waals surface area contributed by atoms with Gasteiger partial charge in [0.2, 0.25) is 5.78 Å². The van der Waals surface area contributed by atoms with E-state index < -0.39 is 9.58 Å². The van der Waals surface area contributed by atoms with Gasteiger partial charge in [-0.2, -0.15) is 0 Å². The van der Waals surface area contributed by atoms with Crippen molar-refractivity contribution in [3.8, 4) is 0 Å². The Kier molecular flexibility index (Phi) is 5.15. The van der Waals surface area contributed by atoms with Crippen LogP contribution in [0.2, 0.25) is 0 Å². The van der Waals surface area contributed by atoms with Crippen molar-refractivity contribution in [2.75, 3.05) is 0 Å². The molecule has 0 radical (unpaired) electrons. The van der Waals surface area contributed by atoms with Gasteiger partial charge in [0, 0.05) is 0 Å². The number of allylic oxidation sites excluding steroid dienone is 2. The highest BCUT2D eigenvalue weighted by Gasteiger charge is 2.27. The normalized spacial score (nSPS) is 12.4. The van der Waals surface area contributed by atoms with Crippen LogP contribution in [0.1, 0.15) is 19.8 Å². The lowest BCUT2D eigenvalue weighted by atomic mass is 10.3. The summed E-state index contributed by atoms with van der Waals surface area (Å²) in [5.74, 6) is -0.490. The Bertz CT molecular complexity index is 158. The van der Waals surface area contributed by atoms with Crippen LogP contribution in [0.25, 0.3) is 0 Å². The molecule has 0 aliphatic rings. The zero-order chi connectivity index (χ0) is 8.91. The highest BCUT2D eigenvalue weighted by Crippen LogP contribution is 2.27. The first-order chi connectivity index (χ1) is 4.98. The maximum Gasteiger partial charge on any atom is 0.252 e. The van der Waals surface area contributed by atoms with Gasteiger partial charge in [-0.05, 0) is 12.5 Å². The number of ketones is 1. The first-order valence-electron chi connectivity index (χ1n) is 3.26. The van der Waals surface area contributed by atoms with Crippen molar-refractivity contribution in [2.24, 2.45) is 0 Å². The monoisotopic (exact) mass is 214 g/mol. The molecule has 0 N–H and O–H groups in total. The van der Waals surface area contributed by atoms with Gasteiger partial charge in [-0.15, -0.1) is 0 Å². The topological polar surface area (TPSA) is 17.1 Å². The van der Waals surface area contributed by atoms with Gasteiger partial charge in [0.05, 0.1) is 0 Å². The van der Waals surface area contributed by atoms with Gasteiger partial charge in [0.15, 0.2) is 0 Å². The summed E-state index contributed by atoms with van der Waals surface area (Å²) in [4.78, 5) is 10.9. The minimum atomic E-state index is -1.80. The van der Waals surface area contributed by atoms with Gasteiger partial charge in [0.1, 0.15) is 0 Å². The third-order valence-electron chi connectivity index (χ3n) is 1.00. The molecule has 0 fully saturated rings. The standard InChI is InChI=1S/C7H9Cl3O/c1-2-3-4-5-6(11)7(8,9)10/h4-5H,2-3H2,1H3/b5-4+. The van der Waals surface area contributed by atoms with Gasteiger partial charge in [-0.25, -0.2) is 0 Å². The van der Waals surface area contributed by atoms with E-state index in [0.29, 0.717) is 0 Å². The van der Waals surface area contributed by atoms with E-state index in [4.69, 9.17) is 34.8 Å². The molecule has 0 saturated carbocycles. The van der Waals surface area contributed by atoms with E-state index in [0.717, 1.165) is 12.8 Å². The number of rotatable bonds is 3. The molecule has 0 aromatic heterocycles. The molecule has 0 atom stereocenters. The van der Waals surface area contributed by atoms with Crippen LogP contribution in [-0.4, -0.2) is 9.58 Å². The molecule has 0 bridgehead atoms. The highest BCUT2D eigenvalue weighted by atomic mass is 35.6. The fourth-order valence-corrected chi connectivity index (χ4v) is 0.641. The van der Waals surface area contributed by atoms with E-state index >= 15 is 0 Å². The van der Waals surface area contributed by atoms with Crippen LogP contribution in [0.3, 0.4) is 0 Å². The Morgan fingerprint density at radius 2 is 2.00 bits per heavy atom. The quantitative estimate of drug-likeness (QED) is 0.522. The summed E-state index contributed by atoms with van der Waals surface area (Å²) in [6.45, 7) is 2.00. The molecule has 0 saturated heterocycles. The predicted molar refractivity (Wildman–Crippen MR) is 49.3 cm³/mol. The lowest BCUT2D eigenvalue weighted by Crippen LogP contribution is -2.15. The van der Waals surface area contributed by atoms with Crippen molar-refractivity contribution in [1.29, 1.82) is 0 Å². The molecule has 0 aliphatic carbocycles. The third kappa shape index (κ3) is 5.54. The van der Waals surface area contributed by atoms with Crippen LogP contribution < -0.4 is 0 Å². The second kappa shape index (κ2) is 5.02. The van der Waals surface area contributed by atoms with Gasteiger partial charge in [0.25, 0.3) is 3.79 Å². The lowest BCUT2D eigenvalue weighted by Gasteiger charge is -2.03. The summed E-state index contributed by atoms with van der Waals surface area (Å²) < 4.78 is -1.80. The van der Waals surface area contributed by atoms with Crippen molar-refractivity contribution in [3.63, 3.8) is 0 Å². The molecular weight excluding hydrogens is 206 g/mol. The van der Waals surface area contributed by atoms with Crippen LogP contribution in [0.5, 0.6) is 0 Å². The van der Waals surface area contributed by atoms with E-state index in [-0.39, 0.29) is 0 Å². The Hall–Kier alpha value is 0.280. The molecular formula is C7H9Cl3O. The summed E-state index contributed by atoms with van der Waals surface area (Å²) in [6.07, 6.45) is 4.80. The predicted octanol–water partition coefficient (Wildman–Crippen LogP) is 3.28. The largest absolute Gasteiger partial charge is 0.290 e. The minimum absolute atomic E-state index is 0.490. The van der Waals surface area contributed by atoms with Crippen LogP contribution in [0.15, 0.2) is 12.2 Å². The number of hydrogen-bond acceptors (Lipinski definition) is 1. The molecule has 1 nitrogen and oxygen atoms in total. The van der Waals surface area contributed by atoms with Gasteiger partial charge in [-0.1, -0.05) is 54.2 Å². The molecule has 0 rings (SSSR count). The number of hydrogen-bond donors (Lipinski definition) is 0. The molecule has 0 aromatic carbocycles. The first-order valence-corrected chi connectivity index (χ1v) is 4.39. The summed E-state index contributed by atoms with van der Waals surface area (Å²) in [5, 5.41) is 0. The van der Waals surface area contributed by atoms with E-state index in [2.05, 4.69) is 0 Å². The molecule has 0 spiro atoms. The zero-order valence-electron chi connectivity index (χ0n) is 6.11. The maximum absolute atomic E-state index is 10.9. The fourth-order valence-electron chi connectivity index (χ4n) is 0.452. The molecule has 4 heteroatoms. The second-order valence-corrected chi connectivity index (χ2v) is 4.33. The zero-order valence-corrected chi connectivity index (χ0v) is 8.38. The number of unbranched alkanes of at least 4 members (excludes halogenated alkanes) is 1. The highest BCUT2D eigenvalue weighted by molar-refractivity contribution is 6.77. The van der Waals surface area contributed by atoms with Gasteiger partial charge >= 0.3 is 0 Å². The molecule has 0 heterocycles. The summed E-state index contributed by atoms with van der Waals surface area (Å²) in [5.41, 5.74) is 0. The Morgan fingerprint density at radius 1 is 1.45 bits per heavy atom.